The van der Waals surface area contributed by atoms with Gasteiger partial charge in [-0.1, -0.05) is 0 Å². The van der Waals surface area contributed by atoms with E-state index in [1.165, 1.54) is 34.6 Å². The number of aromatic nitrogens is 1. The number of aliphatic hydroxyl groups excluding tert-OH is 1. The van der Waals surface area contributed by atoms with Crippen LogP contribution in [-0.2, 0) is 15.8 Å². The van der Waals surface area contributed by atoms with Crippen LogP contribution >= 0.6 is 0 Å². The van der Waals surface area contributed by atoms with Crippen molar-refractivity contribution in [3.8, 4) is 0 Å². The molecule has 0 saturated heterocycles. The fraction of sp³-hybridized carbons (Fsp3) is 0.444. The Morgan fingerprint density at radius 3 is 2.08 bits per heavy atom. The molecule has 2 rings (SSSR count). The Labute approximate surface area is 147 Å². The van der Waals surface area contributed by atoms with E-state index in [1.54, 1.807) is 0 Å². The summed E-state index contributed by atoms with van der Waals surface area (Å²) < 4.78 is 38.2. The summed E-state index contributed by atoms with van der Waals surface area (Å²) in [4.78, 5) is 41.3. The molecule has 1 N–H and O–H groups in total. The first kappa shape index (κ1) is 19.8. The lowest BCUT2D eigenvalue weighted by molar-refractivity contribution is -0.144. The van der Waals surface area contributed by atoms with E-state index in [0.29, 0.717) is 6.07 Å². The maximum atomic E-state index is 12.8. The fourth-order valence-electron chi connectivity index (χ4n) is 3.03. The van der Waals surface area contributed by atoms with Crippen molar-refractivity contribution in [1.82, 2.24) is 4.98 Å². The normalized spacial score (nSPS) is 19.7. The summed E-state index contributed by atoms with van der Waals surface area (Å²) >= 11 is 0. The van der Waals surface area contributed by atoms with E-state index in [2.05, 4.69) is 4.98 Å². The number of hydrogen-bond donors (Lipinski definition) is 1. The fourth-order valence-corrected chi connectivity index (χ4v) is 3.03. The van der Waals surface area contributed by atoms with E-state index in [1.807, 2.05) is 0 Å². The number of alkyl halides is 3. The number of carbonyl (C=O) groups is 3. The number of aryl methyl sites for hydroxylation is 1. The molecule has 0 radical (unpaired) electrons. The number of pyridine rings is 1. The van der Waals surface area contributed by atoms with Crippen LogP contribution in [0, 0.1) is 17.8 Å². The van der Waals surface area contributed by atoms with Crippen LogP contribution in [0.2, 0.25) is 0 Å². The molecule has 0 unspecified atom stereocenters. The van der Waals surface area contributed by atoms with Crippen LogP contribution in [-0.4, -0.2) is 27.4 Å². The lowest BCUT2D eigenvalue weighted by Crippen LogP contribution is -2.50. The summed E-state index contributed by atoms with van der Waals surface area (Å²) in [6.07, 6.45) is -4.68. The average Bonchev–Trinajstić information content (AvgIpc) is 2.51. The molecule has 1 aliphatic carbocycles. The zero-order valence-corrected chi connectivity index (χ0v) is 14.9. The van der Waals surface area contributed by atoms with Crippen molar-refractivity contribution in [2.24, 2.45) is 10.8 Å². The molecule has 140 valence electrons. The zero-order chi connectivity index (χ0) is 20.2. The smallest absolute Gasteiger partial charge is 0.433 e. The summed E-state index contributed by atoms with van der Waals surface area (Å²) in [5, 5.41) is 10.4. The molecule has 0 spiro atoms. The molecule has 1 aromatic heterocycles. The molecule has 1 aromatic rings. The molecule has 0 atom stereocenters. The molecular weight excluding hydrogens is 351 g/mol. The molecule has 0 aliphatic heterocycles. The Kier molecular flexibility index (Phi) is 4.38. The molecule has 0 amide bonds. The molecule has 26 heavy (non-hydrogen) atoms. The highest BCUT2D eigenvalue weighted by Crippen LogP contribution is 2.44. The third-order valence-corrected chi connectivity index (χ3v) is 4.61. The van der Waals surface area contributed by atoms with Gasteiger partial charge in [0.2, 0.25) is 5.78 Å². The molecule has 0 aromatic carbocycles. The van der Waals surface area contributed by atoms with Gasteiger partial charge in [-0.05, 0) is 46.8 Å². The number of carbonyl (C=O) groups excluding carboxylic acids is 3. The second-order valence-corrected chi connectivity index (χ2v) is 7.29. The van der Waals surface area contributed by atoms with E-state index < -0.39 is 51.4 Å². The molecule has 0 saturated carbocycles. The number of aliphatic hydroxyl groups is 1. The first-order chi connectivity index (χ1) is 11.6. The quantitative estimate of drug-likeness (QED) is 0.489. The lowest BCUT2D eigenvalue weighted by Gasteiger charge is -2.37. The Hall–Kier alpha value is -2.51. The number of allylic oxidation sites excluding steroid dienone is 2. The Bertz CT molecular complexity index is 864. The molecule has 5 nitrogen and oxygen atoms in total. The minimum absolute atomic E-state index is 0.231. The van der Waals surface area contributed by atoms with Gasteiger partial charge in [0.25, 0.3) is 0 Å². The summed E-state index contributed by atoms with van der Waals surface area (Å²) in [5.41, 5.74) is -5.26. The van der Waals surface area contributed by atoms with Crippen LogP contribution in [0.5, 0.6) is 0 Å². The predicted octanol–water partition coefficient (Wildman–Crippen LogP) is 3.61. The first-order valence-corrected chi connectivity index (χ1v) is 7.76. The number of Topliss-reactive ketones (excluding diaryl/α,β-unsaturated/α-hetero) is 3. The Morgan fingerprint density at radius 1 is 1.08 bits per heavy atom. The predicted molar refractivity (Wildman–Crippen MR) is 85.5 cm³/mol. The van der Waals surface area contributed by atoms with Crippen LogP contribution in [0.25, 0.3) is 0 Å². The van der Waals surface area contributed by atoms with Gasteiger partial charge in [0.15, 0.2) is 11.6 Å². The summed E-state index contributed by atoms with van der Waals surface area (Å²) in [5.74, 6) is -3.06. The monoisotopic (exact) mass is 369 g/mol. The van der Waals surface area contributed by atoms with Crippen molar-refractivity contribution in [2.45, 2.75) is 40.8 Å². The number of hydrogen-bond acceptors (Lipinski definition) is 5. The van der Waals surface area contributed by atoms with Crippen LogP contribution in [0.15, 0.2) is 23.5 Å². The minimum Gasteiger partial charge on any atom is -0.510 e. The van der Waals surface area contributed by atoms with Gasteiger partial charge in [-0.15, -0.1) is 0 Å². The minimum atomic E-state index is -4.68. The first-order valence-electron chi connectivity index (χ1n) is 7.76. The van der Waals surface area contributed by atoms with Gasteiger partial charge in [-0.25, -0.2) is 4.98 Å². The molecule has 0 bridgehead atoms. The average molecular weight is 369 g/mol. The summed E-state index contributed by atoms with van der Waals surface area (Å²) in [6, 6.07) is 1.55. The highest BCUT2D eigenvalue weighted by molar-refractivity contribution is 6.34. The van der Waals surface area contributed by atoms with Gasteiger partial charge < -0.3 is 5.11 Å². The number of nitrogens with zero attached hydrogens (tertiary/aromatic N) is 1. The zero-order valence-electron chi connectivity index (χ0n) is 14.9. The third-order valence-electron chi connectivity index (χ3n) is 4.61. The Balaban J connectivity index is 2.64. The van der Waals surface area contributed by atoms with Crippen LogP contribution in [0.3, 0.4) is 0 Å². The van der Waals surface area contributed by atoms with E-state index in [-0.39, 0.29) is 11.3 Å². The van der Waals surface area contributed by atoms with Crippen LogP contribution in [0.4, 0.5) is 13.2 Å². The molecule has 8 heteroatoms. The maximum Gasteiger partial charge on any atom is 0.433 e. The van der Waals surface area contributed by atoms with Crippen molar-refractivity contribution >= 4 is 17.3 Å². The largest absolute Gasteiger partial charge is 0.510 e. The number of rotatable bonds is 2. The standard InChI is InChI=1S/C18H18F3NO4/c1-8-9(6-7-10(22-8)18(19,20)21)12(23)11-13(24)16(2,3)15(26)17(4,5)14(11)25/h6-7,24H,1-5H3. The van der Waals surface area contributed by atoms with Crippen molar-refractivity contribution in [1.29, 1.82) is 0 Å². The summed E-state index contributed by atoms with van der Waals surface area (Å²) in [7, 11) is 0. The van der Waals surface area contributed by atoms with Gasteiger partial charge in [-0.2, -0.15) is 13.2 Å². The van der Waals surface area contributed by atoms with Crippen LogP contribution < -0.4 is 0 Å². The van der Waals surface area contributed by atoms with Gasteiger partial charge in [0, 0.05) is 11.3 Å². The van der Waals surface area contributed by atoms with E-state index in [9.17, 15) is 32.7 Å². The van der Waals surface area contributed by atoms with Crippen molar-refractivity contribution in [3.05, 3.63) is 40.4 Å². The van der Waals surface area contributed by atoms with Crippen molar-refractivity contribution in [3.63, 3.8) is 0 Å². The topological polar surface area (TPSA) is 84.3 Å². The van der Waals surface area contributed by atoms with Crippen molar-refractivity contribution in [2.75, 3.05) is 0 Å². The van der Waals surface area contributed by atoms with E-state index in [4.69, 9.17) is 0 Å². The van der Waals surface area contributed by atoms with Gasteiger partial charge in [0.1, 0.15) is 17.0 Å². The van der Waals surface area contributed by atoms with E-state index >= 15 is 0 Å². The Morgan fingerprint density at radius 2 is 1.62 bits per heavy atom. The second-order valence-electron chi connectivity index (χ2n) is 7.29. The highest BCUT2D eigenvalue weighted by Gasteiger charge is 2.54. The second kappa shape index (κ2) is 5.75. The molecule has 0 fully saturated rings. The van der Waals surface area contributed by atoms with Crippen LogP contribution in [0.1, 0.15) is 49.4 Å². The van der Waals surface area contributed by atoms with E-state index in [0.717, 1.165) is 6.07 Å². The number of halogens is 3. The molecular formula is C18H18F3NO4. The summed E-state index contributed by atoms with van der Waals surface area (Å²) in [6.45, 7) is 6.65. The van der Waals surface area contributed by atoms with Crippen molar-refractivity contribution < 1.29 is 32.7 Å². The number of ketones is 3. The van der Waals surface area contributed by atoms with Gasteiger partial charge in [-0.3, -0.25) is 14.4 Å². The highest BCUT2D eigenvalue weighted by atomic mass is 19.4. The van der Waals surface area contributed by atoms with Gasteiger partial charge >= 0.3 is 6.18 Å². The maximum absolute atomic E-state index is 12.8. The third kappa shape index (κ3) is 2.83. The lowest BCUT2D eigenvalue weighted by atomic mass is 9.62. The molecule has 1 heterocycles. The molecule has 1 aliphatic rings. The SMILES string of the molecule is Cc1nc(C(F)(F)F)ccc1C(=O)C1=C(O)C(C)(C)C(=O)C(C)(C)C1=O. The van der Waals surface area contributed by atoms with Gasteiger partial charge in [0.05, 0.1) is 10.8 Å².